The summed E-state index contributed by atoms with van der Waals surface area (Å²) in [6.45, 7) is 5.23. The van der Waals surface area contributed by atoms with Crippen LogP contribution in [0.15, 0.2) is 36.4 Å². The van der Waals surface area contributed by atoms with E-state index in [1.54, 1.807) is 28.0 Å². The summed E-state index contributed by atoms with van der Waals surface area (Å²) in [5, 5.41) is 9.98. The van der Waals surface area contributed by atoms with E-state index in [-0.39, 0.29) is 52.7 Å². The van der Waals surface area contributed by atoms with Crippen LogP contribution < -0.4 is 0 Å². The molecule has 0 aromatic heterocycles. The van der Waals surface area contributed by atoms with Crippen LogP contribution in [-0.2, 0) is 14.4 Å². The van der Waals surface area contributed by atoms with Crippen LogP contribution in [0.4, 0.5) is 0 Å². The van der Waals surface area contributed by atoms with E-state index in [4.69, 9.17) is 0 Å². The number of phenolic OH excluding ortho intramolecular Hbond substituents is 1. The molecule has 4 amide bonds. The van der Waals surface area contributed by atoms with Gasteiger partial charge in [0.25, 0.3) is 5.91 Å². The van der Waals surface area contributed by atoms with Crippen molar-refractivity contribution in [1.82, 2.24) is 14.7 Å². The van der Waals surface area contributed by atoms with Gasteiger partial charge in [0.05, 0.1) is 17.4 Å². The molecule has 4 rings (SSSR count). The molecule has 1 aliphatic carbocycles. The van der Waals surface area contributed by atoms with E-state index in [9.17, 15) is 24.3 Å². The lowest BCUT2D eigenvalue weighted by Gasteiger charge is -2.38. The number of likely N-dealkylation sites (tertiary alicyclic amines) is 1. The summed E-state index contributed by atoms with van der Waals surface area (Å²) in [4.78, 5) is 57.1. The number of phenols is 1. The molecule has 1 aromatic rings. The zero-order valence-corrected chi connectivity index (χ0v) is 19.1. The first-order chi connectivity index (χ1) is 15.8. The first-order valence-electron chi connectivity index (χ1n) is 11.7. The SMILES string of the molecule is CC(C)CC(C(=O)N1CCN(C(=O)c2ccccc2O)CC1)N1C(=O)C2CC=CCC2C1=O. The largest absolute Gasteiger partial charge is 0.507 e. The number of carbonyl (C=O) groups is 4. The second-order valence-electron chi connectivity index (χ2n) is 9.48. The Bertz CT molecular complexity index is 954. The van der Waals surface area contributed by atoms with Crippen molar-refractivity contribution in [3.8, 4) is 5.75 Å². The number of hydrogen-bond acceptors (Lipinski definition) is 5. The number of hydrogen-bond donors (Lipinski definition) is 1. The lowest BCUT2D eigenvalue weighted by molar-refractivity contribution is -0.153. The molecule has 1 N–H and O–H groups in total. The van der Waals surface area contributed by atoms with Crippen molar-refractivity contribution in [2.24, 2.45) is 17.8 Å². The Morgan fingerprint density at radius 2 is 1.48 bits per heavy atom. The quantitative estimate of drug-likeness (QED) is 0.544. The van der Waals surface area contributed by atoms with Gasteiger partial charge < -0.3 is 14.9 Å². The molecular weight excluding hydrogens is 422 g/mol. The van der Waals surface area contributed by atoms with Crippen molar-refractivity contribution >= 4 is 23.6 Å². The average Bonchev–Trinajstić information content (AvgIpc) is 3.07. The summed E-state index contributed by atoms with van der Waals surface area (Å²) >= 11 is 0. The minimum Gasteiger partial charge on any atom is -0.507 e. The zero-order valence-electron chi connectivity index (χ0n) is 19.1. The predicted octanol–water partition coefficient (Wildman–Crippen LogP) is 2.04. The Morgan fingerprint density at radius 3 is 2.03 bits per heavy atom. The molecule has 2 aliphatic heterocycles. The molecule has 0 radical (unpaired) electrons. The number of para-hydroxylation sites is 1. The van der Waals surface area contributed by atoms with E-state index in [1.165, 1.54) is 11.0 Å². The lowest BCUT2D eigenvalue weighted by Crippen LogP contribution is -2.57. The van der Waals surface area contributed by atoms with Crippen LogP contribution in [-0.4, -0.2) is 75.7 Å². The van der Waals surface area contributed by atoms with E-state index in [2.05, 4.69) is 0 Å². The Morgan fingerprint density at radius 1 is 0.939 bits per heavy atom. The topological polar surface area (TPSA) is 98.2 Å². The summed E-state index contributed by atoms with van der Waals surface area (Å²) in [6, 6.07) is 5.59. The number of fused-ring (bicyclic) bond motifs is 1. The number of piperazine rings is 1. The van der Waals surface area contributed by atoms with E-state index < -0.39 is 6.04 Å². The molecule has 176 valence electrons. The fourth-order valence-corrected chi connectivity index (χ4v) is 5.06. The molecule has 2 saturated heterocycles. The smallest absolute Gasteiger partial charge is 0.257 e. The summed E-state index contributed by atoms with van der Waals surface area (Å²) in [7, 11) is 0. The number of imide groups is 1. The standard InChI is InChI=1S/C25H31N3O5/c1-16(2)15-20(28-23(31)17-7-3-4-8-18(17)24(28)32)25(33)27-13-11-26(12-14-27)22(30)19-9-5-6-10-21(19)29/h3-6,9-10,16-18,20,29H,7-8,11-15H2,1-2H3. The molecule has 2 fully saturated rings. The van der Waals surface area contributed by atoms with Gasteiger partial charge in [-0.2, -0.15) is 0 Å². The van der Waals surface area contributed by atoms with Crippen LogP contribution in [0.3, 0.4) is 0 Å². The van der Waals surface area contributed by atoms with E-state index in [0.717, 1.165) is 0 Å². The van der Waals surface area contributed by atoms with E-state index in [1.807, 2.05) is 26.0 Å². The maximum Gasteiger partial charge on any atom is 0.257 e. The number of rotatable bonds is 5. The molecular formula is C25H31N3O5. The van der Waals surface area contributed by atoms with Crippen LogP contribution in [0, 0.1) is 17.8 Å². The van der Waals surface area contributed by atoms with Crippen LogP contribution >= 0.6 is 0 Å². The number of benzene rings is 1. The molecule has 3 atom stereocenters. The normalized spacial score (nSPS) is 23.8. The van der Waals surface area contributed by atoms with Gasteiger partial charge in [-0.15, -0.1) is 0 Å². The van der Waals surface area contributed by atoms with E-state index in [0.29, 0.717) is 45.4 Å². The molecule has 1 aromatic carbocycles. The Kier molecular flexibility index (Phi) is 6.54. The van der Waals surface area contributed by atoms with Crippen LogP contribution in [0.2, 0.25) is 0 Å². The molecule has 3 unspecified atom stereocenters. The van der Waals surface area contributed by atoms with Crippen LogP contribution in [0.25, 0.3) is 0 Å². The van der Waals surface area contributed by atoms with Crippen molar-refractivity contribution in [2.75, 3.05) is 26.2 Å². The maximum atomic E-state index is 13.5. The molecule has 8 nitrogen and oxygen atoms in total. The first-order valence-corrected chi connectivity index (χ1v) is 11.7. The van der Waals surface area contributed by atoms with Crippen molar-refractivity contribution in [3.05, 3.63) is 42.0 Å². The summed E-state index contributed by atoms with van der Waals surface area (Å²) in [5.74, 6) is -1.64. The predicted molar refractivity (Wildman–Crippen MR) is 121 cm³/mol. The highest BCUT2D eigenvalue weighted by atomic mass is 16.3. The highest BCUT2D eigenvalue weighted by Crippen LogP contribution is 2.37. The van der Waals surface area contributed by atoms with Gasteiger partial charge in [0.2, 0.25) is 17.7 Å². The Labute approximate surface area is 193 Å². The third-order valence-electron chi connectivity index (χ3n) is 6.85. The zero-order chi connectivity index (χ0) is 23.7. The molecule has 0 spiro atoms. The monoisotopic (exact) mass is 453 g/mol. The maximum absolute atomic E-state index is 13.5. The first kappa shape index (κ1) is 23.0. The fraction of sp³-hybridized carbons (Fsp3) is 0.520. The third-order valence-corrected chi connectivity index (χ3v) is 6.85. The number of amides is 4. The molecule has 3 aliphatic rings. The second-order valence-corrected chi connectivity index (χ2v) is 9.48. The van der Waals surface area contributed by atoms with Crippen molar-refractivity contribution in [3.63, 3.8) is 0 Å². The molecule has 0 bridgehead atoms. The molecule has 2 heterocycles. The number of allylic oxidation sites excluding steroid dienone is 2. The van der Waals surface area contributed by atoms with Gasteiger partial charge in [-0.1, -0.05) is 38.1 Å². The van der Waals surface area contributed by atoms with Crippen molar-refractivity contribution < 1.29 is 24.3 Å². The average molecular weight is 454 g/mol. The summed E-state index contributed by atoms with van der Waals surface area (Å²) < 4.78 is 0. The van der Waals surface area contributed by atoms with Gasteiger partial charge in [0.15, 0.2) is 0 Å². The van der Waals surface area contributed by atoms with Gasteiger partial charge in [-0.25, -0.2) is 0 Å². The Hall–Kier alpha value is -3.16. The fourth-order valence-electron chi connectivity index (χ4n) is 5.06. The minimum absolute atomic E-state index is 0.0694. The van der Waals surface area contributed by atoms with Gasteiger partial charge in [-0.3, -0.25) is 24.1 Å². The van der Waals surface area contributed by atoms with Gasteiger partial charge in [0.1, 0.15) is 11.8 Å². The Balaban J connectivity index is 1.46. The molecule has 0 saturated carbocycles. The molecule has 33 heavy (non-hydrogen) atoms. The lowest BCUT2D eigenvalue weighted by atomic mass is 9.85. The number of aromatic hydroxyl groups is 1. The molecule has 8 heteroatoms. The van der Waals surface area contributed by atoms with Gasteiger partial charge in [-0.05, 0) is 37.3 Å². The second kappa shape index (κ2) is 9.37. The van der Waals surface area contributed by atoms with Crippen molar-refractivity contribution in [2.45, 2.75) is 39.2 Å². The minimum atomic E-state index is -0.809. The summed E-state index contributed by atoms with van der Waals surface area (Å²) in [6.07, 6.45) is 5.38. The number of nitrogens with zero attached hydrogens (tertiary/aromatic N) is 3. The summed E-state index contributed by atoms with van der Waals surface area (Å²) in [5.41, 5.74) is 0.236. The third kappa shape index (κ3) is 4.38. The van der Waals surface area contributed by atoms with Crippen LogP contribution in [0.1, 0.15) is 43.5 Å². The number of carbonyl (C=O) groups excluding carboxylic acids is 4. The highest BCUT2D eigenvalue weighted by Gasteiger charge is 2.51. The van der Waals surface area contributed by atoms with Crippen LogP contribution in [0.5, 0.6) is 5.75 Å². The van der Waals surface area contributed by atoms with Crippen molar-refractivity contribution in [1.29, 1.82) is 0 Å². The van der Waals surface area contributed by atoms with Gasteiger partial charge >= 0.3 is 0 Å². The van der Waals surface area contributed by atoms with E-state index >= 15 is 0 Å². The highest BCUT2D eigenvalue weighted by molar-refractivity contribution is 6.08. The van der Waals surface area contributed by atoms with Gasteiger partial charge in [0, 0.05) is 26.2 Å².